The standard InChI is InChI=1S/C14H18N2O2/c1-10(2)9-17-13-5-3-11(4-6-13)14-12(7-15)8-16-18-14/h3-6,8,10H,7,9,15H2,1-2H3. The highest BCUT2D eigenvalue weighted by Crippen LogP contribution is 2.25. The number of aromatic nitrogens is 1. The molecule has 0 amide bonds. The maximum atomic E-state index is 5.63. The molecule has 0 spiro atoms. The van der Waals surface area contributed by atoms with E-state index in [1.165, 1.54) is 0 Å². The topological polar surface area (TPSA) is 61.3 Å². The van der Waals surface area contributed by atoms with Crippen LogP contribution < -0.4 is 10.5 Å². The summed E-state index contributed by atoms with van der Waals surface area (Å²) in [6.45, 7) is 5.38. The predicted octanol–water partition coefficient (Wildman–Crippen LogP) is 2.84. The number of ether oxygens (including phenoxy) is 1. The van der Waals surface area contributed by atoms with E-state index in [0.29, 0.717) is 12.5 Å². The summed E-state index contributed by atoms with van der Waals surface area (Å²) < 4.78 is 10.8. The molecule has 4 nitrogen and oxygen atoms in total. The van der Waals surface area contributed by atoms with Gasteiger partial charge in [-0.25, -0.2) is 0 Å². The Balaban J connectivity index is 2.12. The molecule has 0 aliphatic rings. The highest BCUT2D eigenvalue weighted by molar-refractivity contribution is 5.61. The van der Waals surface area contributed by atoms with Crippen LogP contribution in [0.15, 0.2) is 35.0 Å². The van der Waals surface area contributed by atoms with E-state index >= 15 is 0 Å². The molecule has 0 aliphatic heterocycles. The molecule has 1 aromatic heterocycles. The Morgan fingerprint density at radius 1 is 1.28 bits per heavy atom. The van der Waals surface area contributed by atoms with Crippen LogP contribution in [0.4, 0.5) is 0 Å². The van der Waals surface area contributed by atoms with E-state index in [9.17, 15) is 0 Å². The van der Waals surface area contributed by atoms with Gasteiger partial charge < -0.3 is 15.0 Å². The molecule has 2 N–H and O–H groups in total. The van der Waals surface area contributed by atoms with Crippen molar-refractivity contribution in [2.24, 2.45) is 11.7 Å². The van der Waals surface area contributed by atoms with Crippen LogP contribution in [0.25, 0.3) is 11.3 Å². The van der Waals surface area contributed by atoms with Gasteiger partial charge in [0, 0.05) is 17.7 Å². The van der Waals surface area contributed by atoms with E-state index in [4.69, 9.17) is 15.0 Å². The number of nitrogens with two attached hydrogens (primary N) is 1. The first-order chi connectivity index (χ1) is 8.70. The SMILES string of the molecule is CC(C)COc1ccc(-c2oncc2CN)cc1. The minimum Gasteiger partial charge on any atom is -0.493 e. The molecule has 0 atom stereocenters. The number of benzene rings is 1. The summed E-state index contributed by atoms with van der Waals surface area (Å²) in [6.07, 6.45) is 1.65. The highest BCUT2D eigenvalue weighted by Gasteiger charge is 2.09. The molecular formula is C14H18N2O2. The lowest BCUT2D eigenvalue weighted by atomic mass is 10.1. The van der Waals surface area contributed by atoms with Gasteiger partial charge in [0.2, 0.25) is 0 Å². The van der Waals surface area contributed by atoms with Crippen LogP contribution >= 0.6 is 0 Å². The van der Waals surface area contributed by atoms with Gasteiger partial charge in [-0.3, -0.25) is 0 Å². The van der Waals surface area contributed by atoms with Crippen molar-refractivity contribution in [3.05, 3.63) is 36.0 Å². The number of hydrogen-bond acceptors (Lipinski definition) is 4. The minimum absolute atomic E-state index is 0.421. The quantitative estimate of drug-likeness (QED) is 0.881. The minimum atomic E-state index is 0.421. The fourth-order valence-corrected chi connectivity index (χ4v) is 1.61. The molecule has 2 aromatic rings. The molecule has 1 aromatic carbocycles. The van der Waals surface area contributed by atoms with Gasteiger partial charge in [0.1, 0.15) is 5.75 Å². The first-order valence-corrected chi connectivity index (χ1v) is 6.07. The van der Waals surface area contributed by atoms with Crippen LogP contribution in [0, 0.1) is 5.92 Å². The number of nitrogens with zero attached hydrogens (tertiary/aromatic N) is 1. The van der Waals surface area contributed by atoms with Crippen LogP contribution in [0.5, 0.6) is 5.75 Å². The smallest absolute Gasteiger partial charge is 0.171 e. The van der Waals surface area contributed by atoms with Crippen molar-refractivity contribution < 1.29 is 9.26 Å². The predicted molar refractivity (Wildman–Crippen MR) is 70.2 cm³/mol. The Labute approximate surface area is 107 Å². The van der Waals surface area contributed by atoms with E-state index in [1.807, 2.05) is 24.3 Å². The van der Waals surface area contributed by atoms with Crippen molar-refractivity contribution in [2.75, 3.05) is 6.61 Å². The normalized spacial score (nSPS) is 10.9. The molecule has 4 heteroatoms. The van der Waals surface area contributed by atoms with Gasteiger partial charge in [-0.05, 0) is 30.2 Å². The third kappa shape index (κ3) is 2.90. The number of hydrogen-bond donors (Lipinski definition) is 1. The molecule has 96 valence electrons. The summed E-state index contributed by atoms with van der Waals surface area (Å²) in [5.41, 5.74) is 7.49. The fraction of sp³-hybridized carbons (Fsp3) is 0.357. The van der Waals surface area contributed by atoms with Crippen molar-refractivity contribution >= 4 is 0 Å². The zero-order chi connectivity index (χ0) is 13.0. The van der Waals surface area contributed by atoms with Gasteiger partial charge >= 0.3 is 0 Å². The average molecular weight is 246 g/mol. The highest BCUT2D eigenvalue weighted by atomic mass is 16.5. The molecule has 0 bridgehead atoms. The third-order valence-corrected chi connectivity index (χ3v) is 2.56. The zero-order valence-electron chi connectivity index (χ0n) is 10.7. The van der Waals surface area contributed by atoms with E-state index in [2.05, 4.69) is 19.0 Å². The summed E-state index contributed by atoms with van der Waals surface area (Å²) in [5, 5.41) is 3.77. The molecule has 1 heterocycles. The van der Waals surface area contributed by atoms with Crippen molar-refractivity contribution in [1.29, 1.82) is 0 Å². The van der Waals surface area contributed by atoms with Crippen LogP contribution in [-0.2, 0) is 6.54 Å². The molecule has 0 fully saturated rings. The Morgan fingerprint density at radius 3 is 2.61 bits per heavy atom. The van der Waals surface area contributed by atoms with E-state index in [1.54, 1.807) is 6.20 Å². The summed E-state index contributed by atoms with van der Waals surface area (Å²) >= 11 is 0. The van der Waals surface area contributed by atoms with Gasteiger partial charge in [0.05, 0.1) is 12.8 Å². The van der Waals surface area contributed by atoms with Gasteiger partial charge in [-0.2, -0.15) is 0 Å². The third-order valence-electron chi connectivity index (χ3n) is 2.56. The Kier molecular flexibility index (Phi) is 3.99. The van der Waals surface area contributed by atoms with Crippen LogP contribution in [0.1, 0.15) is 19.4 Å². The van der Waals surface area contributed by atoms with Crippen molar-refractivity contribution in [3.8, 4) is 17.1 Å². The van der Waals surface area contributed by atoms with E-state index in [0.717, 1.165) is 29.2 Å². The Morgan fingerprint density at radius 2 is 2.00 bits per heavy atom. The first-order valence-electron chi connectivity index (χ1n) is 6.07. The largest absolute Gasteiger partial charge is 0.493 e. The van der Waals surface area contributed by atoms with Crippen LogP contribution in [0.2, 0.25) is 0 Å². The van der Waals surface area contributed by atoms with E-state index in [-0.39, 0.29) is 0 Å². The second kappa shape index (κ2) is 5.69. The molecule has 2 rings (SSSR count). The molecule has 0 radical (unpaired) electrons. The van der Waals surface area contributed by atoms with Crippen molar-refractivity contribution in [1.82, 2.24) is 5.16 Å². The molecule has 0 aliphatic carbocycles. The Hall–Kier alpha value is -1.81. The van der Waals surface area contributed by atoms with E-state index < -0.39 is 0 Å². The lowest BCUT2D eigenvalue weighted by Crippen LogP contribution is -2.04. The number of rotatable bonds is 5. The summed E-state index contributed by atoms with van der Waals surface area (Å²) in [4.78, 5) is 0. The van der Waals surface area contributed by atoms with Gasteiger partial charge in [-0.1, -0.05) is 19.0 Å². The molecule has 0 saturated carbocycles. The van der Waals surface area contributed by atoms with Crippen molar-refractivity contribution in [2.45, 2.75) is 20.4 Å². The lowest BCUT2D eigenvalue weighted by Gasteiger charge is -2.08. The van der Waals surface area contributed by atoms with Gasteiger partial charge in [-0.15, -0.1) is 0 Å². The second-order valence-corrected chi connectivity index (χ2v) is 4.61. The van der Waals surface area contributed by atoms with Crippen LogP contribution in [-0.4, -0.2) is 11.8 Å². The summed E-state index contributed by atoms with van der Waals surface area (Å²) in [5.74, 6) is 2.11. The fourth-order valence-electron chi connectivity index (χ4n) is 1.61. The van der Waals surface area contributed by atoms with Crippen LogP contribution in [0.3, 0.4) is 0 Å². The summed E-state index contributed by atoms with van der Waals surface area (Å²) in [6, 6.07) is 7.77. The molecule has 18 heavy (non-hydrogen) atoms. The summed E-state index contributed by atoms with van der Waals surface area (Å²) in [7, 11) is 0. The lowest BCUT2D eigenvalue weighted by molar-refractivity contribution is 0.271. The monoisotopic (exact) mass is 246 g/mol. The maximum Gasteiger partial charge on any atom is 0.171 e. The van der Waals surface area contributed by atoms with Gasteiger partial charge in [0.15, 0.2) is 5.76 Å². The van der Waals surface area contributed by atoms with Crippen molar-refractivity contribution in [3.63, 3.8) is 0 Å². The zero-order valence-corrected chi connectivity index (χ0v) is 10.7. The van der Waals surface area contributed by atoms with Gasteiger partial charge in [0.25, 0.3) is 0 Å². The molecule has 0 saturated heterocycles. The first kappa shape index (κ1) is 12.6. The maximum absolute atomic E-state index is 5.63. The Bertz CT molecular complexity index is 489. The second-order valence-electron chi connectivity index (χ2n) is 4.61. The molecular weight excluding hydrogens is 228 g/mol. The molecule has 0 unspecified atom stereocenters. The average Bonchev–Trinajstić information content (AvgIpc) is 2.85.